The molecule has 44 heavy (non-hydrogen) atoms. The van der Waals surface area contributed by atoms with Crippen LogP contribution in [0, 0.1) is 0 Å². The van der Waals surface area contributed by atoms with Crippen LogP contribution in [0.3, 0.4) is 0 Å². The molecule has 0 aliphatic rings. The first-order valence-corrected chi connectivity index (χ1v) is 19.6. The first kappa shape index (κ1) is 45.9. The summed E-state index contributed by atoms with van der Waals surface area (Å²) in [5, 5.41) is 35.8. The summed E-state index contributed by atoms with van der Waals surface area (Å²) in [4.78, 5) is 4.30. The van der Waals surface area contributed by atoms with E-state index in [9.17, 15) is 0 Å². The molecule has 6 nitrogen and oxygen atoms in total. The van der Waals surface area contributed by atoms with E-state index in [2.05, 4.69) is 23.6 Å². The highest BCUT2D eigenvalue weighted by Gasteiger charge is 2.04. The summed E-state index contributed by atoms with van der Waals surface area (Å²) >= 11 is 0. The highest BCUT2D eigenvalue weighted by atomic mass is 16.3. The standard InChI is InChI=1S/C20H43NO2.C18H39NO2/c1-2-3-4-5-6-7-8-9-10-11-12-13-14-15-16-21(17-19-22)18-20-23;1-2-3-4-5-6-7-8-9-10-11-12-13-14-19(15-17-20)16-18-21/h22-23H,2-20H2,1H3;20-21H,2-18H2,1H3. The van der Waals surface area contributed by atoms with Crippen LogP contribution in [0.1, 0.15) is 181 Å². The number of nitrogens with zero attached hydrogens (tertiary/aromatic N) is 2. The van der Waals surface area contributed by atoms with Crippen molar-refractivity contribution >= 4 is 0 Å². The summed E-state index contributed by atoms with van der Waals surface area (Å²) in [5.41, 5.74) is 0. The second-order valence-electron chi connectivity index (χ2n) is 13.1. The van der Waals surface area contributed by atoms with Crippen LogP contribution in [0.15, 0.2) is 0 Å². The number of hydrogen-bond donors (Lipinski definition) is 4. The Kier molecular flexibility index (Phi) is 44.6. The summed E-state index contributed by atoms with van der Waals surface area (Å²) in [7, 11) is 0. The number of aliphatic hydroxyl groups excluding tert-OH is 4. The van der Waals surface area contributed by atoms with E-state index in [4.69, 9.17) is 20.4 Å². The van der Waals surface area contributed by atoms with E-state index in [1.165, 1.54) is 167 Å². The molecule has 0 aromatic rings. The summed E-state index contributed by atoms with van der Waals surface area (Å²) in [6.07, 6.45) is 35.8. The lowest BCUT2D eigenvalue weighted by molar-refractivity contribution is 0.158. The SMILES string of the molecule is CCCCCCCCCCCCCCCCN(CCO)CCO.CCCCCCCCCCCCCCN(CCO)CCO. The van der Waals surface area contributed by atoms with Gasteiger partial charge in [0, 0.05) is 26.2 Å². The lowest BCUT2D eigenvalue weighted by Gasteiger charge is -2.19. The van der Waals surface area contributed by atoms with Gasteiger partial charge in [-0.1, -0.05) is 168 Å². The smallest absolute Gasteiger partial charge is 0.0558 e. The normalized spacial score (nSPS) is 11.5. The van der Waals surface area contributed by atoms with Gasteiger partial charge >= 0.3 is 0 Å². The Labute approximate surface area is 276 Å². The Balaban J connectivity index is 0. The number of aliphatic hydroxyl groups is 4. The van der Waals surface area contributed by atoms with Crippen LogP contribution >= 0.6 is 0 Å². The molecule has 0 unspecified atom stereocenters. The molecule has 0 atom stereocenters. The molecule has 0 saturated carbocycles. The third-order valence-corrected chi connectivity index (χ3v) is 8.82. The van der Waals surface area contributed by atoms with E-state index in [1.54, 1.807) is 0 Å². The zero-order chi connectivity index (χ0) is 32.6. The van der Waals surface area contributed by atoms with Gasteiger partial charge in [0.25, 0.3) is 0 Å². The lowest BCUT2D eigenvalue weighted by Crippen LogP contribution is -2.30. The van der Waals surface area contributed by atoms with Gasteiger partial charge in [0.1, 0.15) is 0 Å². The van der Waals surface area contributed by atoms with E-state index >= 15 is 0 Å². The monoisotopic (exact) mass is 631 g/mol. The molecule has 6 heteroatoms. The fourth-order valence-electron chi connectivity index (χ4n) is 5.94. The molecule has 0 spiro atoms. The zero-order valence-corrected chi connectivity index (χ0v) is 30.1. The molecule has 0 aliphatic heterocycles. The average Bonchev–Trinajstić information content (AvgIpc) is 3.02. The first-order valence-electron chi connectivity index (χ1n) is 19.6. The minimum Gasteiger partial charge on any atom is -0.395 e. The molecule has 0 aromatic carbocycles. The van der Waals surface area contributed by atoms with Crippen molar-refractivity contribution in [2.24, 2.45) is 0 Å². The van der Waals surface area contributed by atoms with Crippen molar-refractivity contribution in [3.8, 4) is 0 Å². The number of unbranched alkanes of at least 4 members (excludes halogenated alkanes) is 24. The van der Waals surface area contributed by atoms with Crippen molar-refractivity contribution in [2.45, 2.75) is 181 Å². The maximum absolute atomic E-state index is 8.96. The molecule has 0 bridgehead atoms. The van der Waals surface area contributed by atoms with Gasteiger partial charge in [-0.15, -0.1) is 0 Å². The Morgan fingerprint density at radius 3 is 0.614 bits per heavy atom. The molecule has 0 heterocycles. The quantitative estimate of drug-likeness (QED) is 0.0518. The van der Waals surface area contributed by atoms with Crippen LogP contribution in [-0.4, -0.2) is 95.9 Å². The van der Waals surface area contributed by atoms with Gasteiger partial charge in [-0.05, 0) is 25.9 Å². The molecule has 0 fully saturated rings. The molecular weight excluding hydrogens is 548 g/mol. The second-order valence-corrected chi connectivity index (χ2v) is 13.1. The maximum Gasteiger partial charge on any atom is 0.0558 e. The molecule has 0 saturated heterocycles. The summed E-state index contributed by atoms with van der Waals surface area (Å²) < 4.78 is 0. The van der Waals surface area contributed by atoms with Crippen molar-refractivity contribution in [3.63, 3.8) is 0 Å². The van der Waals surface area contributed by atoms with Crippen molar-refractivity contribution in [2.75, 3.05) is 65.7 Å². The maximum atomic E-state index is 8.96. The van der Waals surface area contributed by atoms with Crippen molar-refractivity contribution in [1.82, 2.24) is 9.80 Å². The van der Waals surface area contributed by atoms with Gasteiger partial charge < -0.3 is 20.4 Å². The third kappa shape index (κ3) is 39.8. The molecule has 0 aliphatic carbocycles. The molecule has 4 N–H and O–H groups in total. The molecule has 0 aromatic heterocycles. The van der Waals surface area contributed by atoms with Gasteiger partial charge in [-0.2, -0.15) is 0 Å². The number of rotatable bonds is 36. The molecule has 0 rings (SSSR count). The van der Waals surface area contributed by atoms with Crippen LogP contribution in [0.2, 0.25) is 0 Å². The predicted octanol–water partition coefficient (Wildman–Crippen LogP) is 8.73. The second kappa shape index (κ2) is 42.8. The van der Waals surface area contributed by atoms with E-state index in [1.807, 2.05) is 0 Å². The van der Waals surface area contributed by atoms with E-state index < -0.39 is 0 Å². The van der Waals surface area contributed by atoms with E-state index in [-0.39, 0.29) is 26.4 Å². The van der Waals surface area contributed by atoms with Crippen LogP contribution in [0.5, 0.6) is 0 Å². The fraction of sp³-hybridized carbons (Fsp3) is 1.00. The summed E-state index contributed by atoms with van der Waals surface area (Å²) in [6, 6.07) is 0. The topological polar surface area (TPSA) is 87.4 Å². The van der Waals surface area contributed by atoms with Crippen LogP contribution < -0.4 is 0 Å². The first-order chi connectivity index (χ1) is 21.7. The zero-order valence-electron chi connectivity index (χ0n) is 30.1. The Hall–Kier alpha value is -0.240. The average molecular weight is 631 g/mol. The summed E-state index contributed by atoms with van der Waals surface area (Å²) in [5.74, 6) is 0. The minimum absolute atomic E-state index is 0.193. The fourth-order valence-corrected chi connectivity index (χ4v) is 5.94. The minimum atomic E-state index is 0.193. The van der Waals surface area contributed by atoms with Gasteiger partial charge in [-0.25, -0.2) is 0 Å². The molecule has 0 amide bonds. The Bertz CT molecular complexity index is 472. The van der Waals surface area contributed by atoms with Crippen molar-refractivity contribution in [1.29, 1.82) is 0 Å². The molecule has 268 valence electrons. The van der Waals surface area contributed by atoms with Crippen LogP contribution in [-0.2, 0) is 0 Å². The highest BCUT2D eigenvalue weighted by molar-refractivity contribution is 4.58. The Morgan fingerprint density at radius 1 is 0.250 bits per heavy atom. The largest absolute Gasteiger partial charge is 0.395 e. The third-order valence-electron chi connectivity index (χ3n) is 8.82. The van der Waals surface area contributed by atoms with Gasteiger partial charge in [0.05, 0.1) is 26.4 Å². The molecule has 0 radical (unpaired) electrons. The van der Waals surface area contributed by atoms with Crippen LogP contribution in [0.4, 0.5) is 0 Å². The lowest BCUT2D eigenvalue weighted by atomic mass is 10.0. The summed E-state index contributed by atoms with van der Waals surface area (Å²) in [6.45, 7) is 10.1. The van der Waals surface area contributed by atoms with Gasteiger partial charge in [0.2, 0.25) is 0 Å². The van der Waals surface area contributed by atoms with Crippen molar-refractivity contribution in [3.05, 3.63) is 0 Å². The highest BCUT2D eigenvalue weighted by Crippen LogP contribution is 2.14. The van der Waals surface area contributed by atoms with Gasteiger partial charge in [0.15, 0.2) is 0 Å². The number of hydrogen-bond acceptors (Lipinski definition) is 6. The van der Waals surface area contributed by atoms with E-state index in [0.29, 0.717) is 26.2 Å². The van der Waals surface area contributed by atoms with Crippen molar-refractivity contribution < 1.29 is 20.4 Å². The van der Waals surface area contributed by atoms with E-state index in [0.717, 1.165) is 13.1 Å². The Morgan fingerprint density at radius 2 is 0.432 bits per heavy atom. The van der Waals surface area contributed by atoms with Crippen LogP contribution in [0.25, 0.3) is 0 Å². The van der Waals surface area contributed by atoms with Gasteiger partial charge in [-0.3, -0.25) is 9.80 Å². The predicted molar refractivity (Wildman–Crippen MR) is 193 cm³/mol. The molecular formula is C38H82N2O4.